The number of nitrogens with one attached hydrogen (secondary N) is 5. The summed E-state index contributed by atoms with van der Waals surface area (Å²) < 4.78 is 0. The Hall–Kier alpha value is -6.07. The van der Waals surface area contributed by atoms with Gasteiger partial charge in [0.25, 0.3) is 0 Å². The lowest BCUT2D eigenvalue weighted by Crippen LogP contribution is -2.59. The van der Waals surface area contributed by atoms with Gasteiger partial charge in [-0.15, -0.1) is 0 Å². The van der Waals surface area contributed by atoms with E-state index in [9.17, 15) is 49.2 Å². The fourth-order valence-electron chi connectivity index (χ4n) is 5.60. The number of hydrogen-bond donors (Lipinski definition) is 11. The molecule has 286 valence electrons. The largest absolute Gasteiger partial charge is 0.508 e. The Morgan fingerprint density at radius 1 is 0.648 bits per heavy atom. The molecule has 0 aliphatic carbocycles. The van der Waals surface area contributed by atoms with E-state index in [1.54, 1.807) is 24.4 Å². The molecule has 0 saturated carbocycles. The molecule has 17 heteroatoms. The van der Waals surface area contributed by atoms with Gasteiger partial charge in [-0.3, -0.25) is 24.0 Å². The minimum atomic E-state index is -1.53. The molecular weight excluding hydrogens is 721 g/mol. The molecule has 4 aromatic rings. The fraction of sp³-hybridized carbons (Fsp3) is 0.297. The van der Waals surface area contributed by atoms with E-state index in [0.717, 1.165) is 10.9 Å². The highest BCUT2D eigenvalue weighted by Crippen LogP contribution is 2.20. The van der Waals surface area contributed by atoms with Gasteiger partial charge in [-0.2, -0.15) is 12.6 Å². The Morgan fingerprint density at radius 2 is 1.15 bits per heavy atom. The minimum Gasteiger partial charge on any atom is -0.508 e. The molecule has 54 heavy (non-hydrogen) atoms. The van der Waals surface area contributed by atoms with Crippen LogP contribution in [0.4, 0.5) is 0 Å². The van der Waals surface area contributed by atoms with Gasteiger partial charge in [0.15, 0.2) is 0 Å². The number of aromatic amines is 1. The number of H-pyrrole nitrogens is 1. The number of carboxylic acid groups (broad SMARTS) is 2. The molecule has 0 unspecified atom stereocenters. The topological polar surface area (TPSA) is 273 Å². The van der Waals surface area contributed by atoms with Gasteiger partial charge in [0, 0.05) is 42.1 Å². The van der Waals surface area contributed by atoms with Crippen LogP contribution in [-0.2, 0) is 48.0 Å². The maximum atomic E-state index is 14.0. The molecule has 4 rings (SSSR count). The summed E-state index contributed by atoms with van der Waals surface area (Å²) in [5, 5.41) is 49.0. The van der Waals surface area contributed by atoms with Crippen LogP contribution in [-0.4, -0.2) is 96.9 Å². The third-order valence-electron chi connectivity index (χ3n) is 8.55. The van der Waals surface area contributed by atoms with Crippen LogP contribution in [0.15, 0.2) is 79.0 Å². The van der Waals surface area contributed by atoms with Crippen LogP contribution < -0.4 is 27.0 Å². The van der Waals surface area contributed by atoms with E-state index in [2.05, 4.69) is 38.9 Å². The highest BCUT2D eigenvalue weighted by atomic mass is 32.1. The molecule has 0 aliphatic rings. The van der Waals surface area contributed by atoms with Crippen molar-refractivity contribution >= 4 is 59.1 Å². The molecule has 5 atom stereocenters. The lowest BCUT2D eigenvalue weighted by molar-refractivity contribution is -0.141. The molecule has 0 spiro atoms. The number of fused-ring (bicyclic) bond motifs is 1. The highest BCUT2D eigenvalue weighted by Gasteiger charge is 2.32. The summed E-state index contributed by atoms with van der Waals surface area (Å²) in [6.07, 6.45) is 0.525. The van der Waals surface area contributed by atoms with Crippen LogP contribution in [0.2, 0.25) is 0 Å². The van der Waals surface area contributed by atoms with Crippen LogP contribution in [0.3, 0.4) is 0 Å². The standard InChI is InChI=1S/C37H42N6O10S/c38-26(15-20-5-9-23(44)10-6-20)33(48)41-30(17-22-18-39-27-4-2-1-3-25(22)27)36(51)40-28(13-14-32(46)47)34(49)42-29(16-21-7-11-24(45)12-8-21)35(50)43-31(19-54)37(52)53/h1-12,18,26,28-31,39,44-45,54H,13-17,19,38H2,(H,40,51)(H,41,48)(H,42,49)(H,43,50)(H,46,47)(H,52,53)/t26-,28-,29-,30-,31-/m0/s1. The van der Waals surface area contributed by atoms with E-state index in [0.29, 0.717) is 16.7 Å². The SMILES string of the molecule is N[C@@H](Cc1ccc(O)cc1)C(=O)N[C@@H](Cc1c[nH]c2ccccc12)C(=O)N[C@@H](CCC(=O)O)C(=O)N[C@@H](Cc1ccc(O)cc1)C(=O)N[C@@H](CS)C(=O)O. The summed E-state index contributed by atoms with van der Waals surface area (Å²) in [6.45, 7) is 0. The smallest absolute Gasteiger partial charge is 0.327 e. The summed E-state index contributed by atoms with van der Waals surface area (Å²) in [5.41, 5.74) is 8.75. The van der Waals surface area contributed by atoms with Crippen molar-refractivity contribution in [1.29, 1.82) is 0 Å². The monoisotopic (exact) mass is 762 g/mol. The van der Waals surface area contributed by atoms with E-state index >= 15 is 0 Å². The first-order valence-electron chi connectivity index (χ1n) is 16.9. The lowest BCUT2D eigenvalue weighted by atomic mass is 10.0. The second kappa shape index (κ2) is 19.1. The van der Waals surface area contributed by atoms with E-state index in [1.165, 1.54) is 36.4 Å². The van der Waals surface area contributed by atoms with Crippen molar-refractivity contribution in [2.24, 2.45) is 5.73 Å². The maximum absolute atomic E-state index is 14.0. The average molecular weight is 763 g/mol. The summed E-state index contributed by atoms with van der Waals surface area (Å²) in [7, 11) is 0. The number of aliphatic carboxylic acids is 2. The minimum absolute atomic E-state index is 0.0307. The van der Waals surface area contributed by atoms with Gasteiger partial charge >= 0.3 is 11.9 Å². The Bertz CT molecular complexity index is 1950. The van der Waals surface area contributed by atoms with Crippen LogP contribution >= 0.6 is 12.6 Å². The van der Waals surface area contributed by atoms with Crippen molar-refractivity contribution in [3.8, 4) is 11.5 Å². The Labute approximate surface area is 314 Å². The van der Waals surface area contributed by atoms with Crippen LogP contribution in [0, 0.1) is 0 Å². The van der Waals surface area contributed by atoms with Crippen LogP contribution in [0.25, 0.3) is 10.9 Å². The van der Waals surface area contributed by atoms with Gasteiger partial charge in [-0.1, -0.05) is 42.5 Å². The zero-order valence-corrected chi connectivity index (χ0v) is 29.8. The number of para-hydroxylation sites is 1. The van der Waals surface area contributed by atoms with Crippen molar-refractivity contribution in [1.82, 2.24) is 26.3 Å². The molecule has 0 saturated heterocycles. The summed E-state index contributed by atoms with van der Waals surface area (Å²) >= 11 is 3.97. The third-order valence-corrected chi connectivity index (χ3v) is 8.91. The molecule has 0 radical (unpaired) electrons. The number of thiol groups is 1. The molecule has 11 N–H and O–H groups in total. The normalized spacial score (nSPS) is 13.8. The molecule has 0 bridgehead atoms. The zero-order valence-electron chi connectivity index (χ0n) is 28.9. The van der Waals surface area contributed by atoms with Gasteiger partial charge in [-0.25, -0.2) is 4.79 Å². The second-order valence-electron chi connectivity index (χ2n) is 12.6. The number of hydrogen-bond acceptors (Lipinski definition) is 10. The van der Waals surface area contributed by atoms with Gasteiger partial charge in [-0.05, 0) is 59.9 Å². The predicted octanol–water partition coefficient (Wildman–Crippen LogP) is 0.753. The van der Waals surface area contributed by atoms with E-state index in [4.69, 9.17) is 5.73 Å². The number of aromatic nitrogens is 1. The van der Waals surface area contributed by atoms with Crippen molar-refractivity contribution in [2.45, 2.75) is 62.3 Å². The molecule has 3 aromatic carbocycles. The van der Waals surface area contributed by atoms with Crippen LogP contribution in [0.1, 0.15) is 29.5 Å². The number of phenolic OH excluding ortho intramolecular Hbond substituents is 2. The fourth-order valence-corrected chi connectivity index (χ4v) is 5.85. The predicted molar refractivity (Wildman–Crippen MR) is 200 cm³/mol. The number of benzene rings is 3. The van der Waals surface area contributed by atoms with Gasteiger partial charge < -0.3 is 52.4 Å². The number of carbonyl (C=O) groups excluding carboxylic acids is 4. The first kappa shape index (κ1) is 40.7. The number of rotatable bonds is 19. The van der Waals surface area contributed by atoms with E-state index in [1.807, 2.05) is 18.2 Å². The van der Waals surface area contributed by atoms with Crippen molar-refractivity contribution < 1.29 is 49.2 Å². The molecule has 0 fully saturated rings. The average Bonchev–Trinajstić information content (AvgIpc) is 3.55. The molecular formula is C37H42N6O10S. The third kappa shape index (κ3) is 11.7. The Kier molecular flexibility index (Phi) is 14.4. The highest BCUT2D eigenvalue weighted by molar-refractivity contribution is 7.80. The number of carboxylic acids is 2. The van der Waals surface area contributed by atoms with Crippen molar-refractivity contribution in [3.63, 3.8) is 0 Å². The Balaban J connectivity index is 1.59. The number of phenols is 2. The number of nitrogens with two attached hydrogens (primary N) is 1. The molecule has 16 nitrogen and oxygen atoms in total. The Morgan fingerprint density at radius 3 is 1.72 bits per heavy atom. The number of amides is 4. The number of aromatic hydroxyl groups is 2. The van der Waals surface area contributed by atoms with Crippen LogP contribution in [0.5, 0.6) is 11.5 Å². The van der Waals surface area contributed by atoms with E-state index in [-0.39, 0.29) is 36.5 Å². The molecule has 0 aliphatic heterocycles. The van der Waals surface area contributed by atoms with Crippen molar-refractivity contribution in [2.75, 3.05) is 5.75 Å². The quantitative estimate of drug-likeness (QED) is 0.0594. The van der Waals surface area contributed by atoms with Gasteiger partial charge in [0.2, 0.25) is 23.6 Å². The maximum Gasteiger partial charge on any atom is 0.327 e. The summed E-state index contributed by atoms with van der Waals surface area (Å²) in [5.74, 6) is -6.33. The van der Waals surface area contributed by atoms with Gasteiger partial charge in [0.1, 0.15) is 35.7 Å². The summed E-state index contributed by atoms with van der Waals surface area (Å²) in [4.78, 5) is 80.9. The van der Waals surface area contributed by atoms with E-state index < -0.39 is 78.6 Å². The first-order valence-corrected chi connectivity index (χ1v) is 17.5. The first-order chi connectivity index (χ1) is 25.7. The zero-order chi connectivity index (χ0) is 39.4. The van der Waals surface area contributed by atoms with Crippen molar-refractivity contribution in [3.05, 3.63) is 95.7 Å². The molecule has 4 amide bonds. The summed E-state index contributed by atoms with van der Waals surface area (Å²) in [6, 6.07) is 12.3. The van der Waals surface area contributed by atoms with Gasteiger partial charge in [0.05, 0.1) is 6.04 Å². The molecule has 1 aromatic heterocycles. The lowest BCUT2D eigenvalue weighted by Gasteiger charge is -2.26. The second-order valence-corrected chi connectivity index (χ2v) is 13.0. The number of carbonyl (C=O) groups is 6. The molecule has 1 heterocycles.